The summed E-state index contributed by atoms with van der Waals surface area (Å²) in [5, 5.41) is 11.0. The van der Waals surface area contributed by atoms with Gasteiger partial charge in [-0.25, -0.2) is 0 Å². The van der Waals surface area contributed by atoms with Crippen LogP contribution in [0.1, 0.15) is 46.0 Å². The van der Waals surface area contributed by atoms with E-state index in [1.54, 1.807) is 0 Å². The van der Waals surface area contributed by atoms with E-state index in [9.17, 15) is 9.59 Å². The van der Waals surface area contributed by atoms with E-state index in [-0.39, 0.29) is 18.5 Å². The van der Waals surface area contributed by atoms with Crippen LogP contribution in [0, 0.1) is 0 Å². The van der Waals surface area contributed by atoms with Crippen molar-refractivity contribution in [3.63, 3.8) is 0 Å². The van der Waals surface area contributed by atoms with Crippen molar-refractivity contribution in [2.45, 2.75) is 58.0 Å². The molecule has 1 aliphatic rings. The number of amides is 1. The molecule has 0 aromatic heterocycles. The molecule has 18 heavy (non-hydrogen) atoms. The third kappa shape index (κ3) is 4.29. The van der Waals surface area contributed by atoms with E-state index in [2.05, 4.69) is 17.1 Å². The van der Waals surface area contributed by atoms with Crippen LogP contribution in [0.5, 0.6) is 0 Å². The number of carbonyl (C=O) groups is 2. The Bertz CT molecular complexity index is 288. The zero-order chi connectivity index (χ0) is 13.5. The highest BCUT2D eigenvalue weighted by molar-refractivity contribution is 5.84. The molecule has 0 aromatic carbocycles. The summed E-state index contributed by atoms with van der Waals surface area (Å²) >= 11 is 0. The lowest BCUT2D eigenvalue weighted by Crippen LogP contribution is -2.50. The number of aliphatic carboxylic acids is 1. The maximum atomic E-state index is 11.9. The lowest BCUT2D eigenvalue weighted by atomic mass is 9.93. The molecule has 1 atom stereocenters. The first-order chi connectivity index (χ1) is 8.56. The number of nitrogens with one attached hydrogen (secondary N) is 1. The highest BCUT2D eigenvalue weighted by atomic mass is 16.4. The van der Waals surface area contributed by atoms with E-state index < -0.39 is 5.97 Å². The zero-order valence-corrected chi connectivity index (χ0v) is 11.3. The molecular formula is C13H24N2O3. The minimum absolute atomic E-state index is 0.190. The van der Waals surface area contributed by atoms with Gasteiger partial charge in [-0.05, 0) is 26.3 Å². The Morgan fingerprint density at radius 1 is 1.33 bits per heavy atom. The first-order valence-corrected chi connectivity index (χ1v) is 6.81. The van der Waals surface area contributed by atoms with Crippen molar-refractivity contribution in [1.82, 2.24) is 10.2 Å². The second kappa shape index (κ2) is 7.36. The lowest BCUT2D eigenvalue weighted by molar-refractivity contribution is -0.139. The van der Waals surface area contributed by atoms with E-state index in [0.29, 0.717) is 6.04 Å². The van der Waals surface area contributed by atoms with Gasteiger partial charge in [0.15, 0.2) is 0 Å². The van der Waals surface area contributed by atoms with Crippen LogP contribution in [0.2, 0.25) is 0 Å². The Balaban J connectivity index is 2.51. The highest BCUT2D eigenvalue weighted by Gasteiger charge is 2.27. The van der Waals surface area contributed by atoms with Crippen molar-refractivity contribution in [2.75, 3.05) is 13.1 Å². The molecule has 0 aromatic rings. The number of hydrogen-bond acceptors (Lipinski definition) is 3. The predicted molar refractivity (Wildman–Crippen MR) is 69.4 cm³/mol. The topological polar surface area (TPSA) is 69.6 Å². The van der Waals surface area contributed by atoms with Crippen molar-refractivity contribution >= 4 is 11.9 Å². The number of hydrogen-bond donors (Lipinski definition) is 2. The number of nitrogens with zero attached hydrogens (tertiary/aromatic N) is 1. The summed E-state index contributed by atoms with van der Waals surface area (Å²) in [4.78, 5) is 24.5. The molecule has 0 bridgehead atoms. The van der Waals surface area contributed by atoms with Crippen LogP contribution in [0.15, 0.2) is 0 Å². The van der Waals surface area contributed by atoms with Crippen LogP contribution in [-0.4, -0.2) is 47.1 Å². The number of carbonyl (C=O) groups excluding carboxylic acids is 1. The Morgan fingerprint density at radius 3 is 2.44 bits per heavy atom. The molecule has 1 unspecified atom stereocenters. The van der Waals surface area contributed by atoms with E-state index >= 15 is 0 Å². The molecule has 0 aliphatic heterocycles. The number of likely N-dealkylation sites (N-methyl/N-ethyl adjacent to an activating group) is 1. The van der Waals surface area contributed by atoms with Crippen LogP contribution in [0.3, 0.4) is 0 Å². The van der Waals surface area contributed by atoms with E-state index in [0.717, 1.165) is 19.4 Å². The summed E-state index contributed by atoms with van der Waals surface area (Å²) in [6.45, 7) is 4.43. The maximum absolute atomic E-state index is 11.9. The number of carboxylic acids is 1. The van der Waals surface area contributed by atoms with Gasteiger partial charge in [0.2, 0.25) is 5.91 Å². The molecule has 0 spiro atoms. The van der Waals surface area contributed by atoms with Gasteiger partial charge in [0.25, 0.3) is 0 Å². The first-order valence-electron chi connectivity index (χ1n) is 6.81. The lowest BCUT2D eigenvalue weighted by Gasteiger charge is -2.37. The molecule has 5 nitrogen and oxygen atoms in total. The predicted octanol–water partition coefficient (Wildman–Crippen LogP) is 1.23. The smallest absolute Gasteiger partial charge is 0.322 e. The largest absolute Gasteiger partial charge is 0.480 e. The molecular weight excluding hydrogens is 232 g/mol. The Kier molecular flexibility index (Phi) is 6.12. The number of carboxylic acid groups (broad SMARTS) is 1. The van der Waals surface area contributed by atoms with Crippen LogP contribution in [-0.2, 0) is 9.59 Å². The Hall–Kier alpha value is -1.10. The van der Waals surface area contributed by atoms with Gasteiger partial charge in [0.1, 0.15) is 6.54 Å². The van der Waals surface area contributed by atoms with E-state index in [1.807, 2.05) is 6.92 Å². The second-order valence-corrected chi connectivity index (χ2v) is 4.91. The van der Waals surface area contributed by atoms with Gasteiger partial charge >= 0.3 is 5.97 Å². The molecule has 1 fully saturated rings. The molecule has 1 amide bonds. The molecule has 0 saturated heterocycles. The van der Waals surface area contributed by atoms with Crippen molar-refractivity contribution in [1.29, 1.82) is 0 Å². The third-order valence-electron chi connectivity index (χ3n) is 3.70. The third-order valence-corrected chi connectivity index (χ3v) is 3.70. The molecule has 1 aliphatic carbocycles. The highest BCUT2D eigenvalue weighted by Crippen LogP contribution is 2.23. The molecule has 0 radical (unpaired) electrons. The van der Waals surface area contributed by atoms with Gasteiger partial charge in [-0.1, -0.05) is 26.2 Å². The standard InChI is InChI=1S/C13H24N2O3/c1-3-15(11-7-5-4-6-8-11)10(2)13(18)14-9-12(16)17/h10-11H,3-9H2,1-2H3,(H,14,18)(H,16,17). The van der Waals surface area contributed by atoms with Crippen LogP contribution in [0.25, 0.3) is 0 Å². The van der Waals surface area contributed by atoms with Crippen LogP contribution >= 0.6 is 0 Å². The summed E-state index contributed by atoms with van der Waals surface area (Å²) in [5.74, 6) is -1.19. The molecule has 104 valence electrons. The Labute approximate surface area is 109 Å². The second-order valence-electron chi connectivity index (χ2n) is 4.91. The molecule has 5 heteroatoms. The minimum Gasteiger partial charge on any atom is -0.480 e. The molecule has 2 N–H and O–H groups in total. The Morgan fingerprint density at radius 2 is 1.94 bits per heavy atom. The normalized spacial score (nSPS) is 18.6. The van der Waals surface area contributed by atoms with Gasteiger partial charge in [0, 0.05) is 6.04 Å². The molecule has 1 rings (SSSR count). The van der Waals surface area contributed by atoms with Crippen molar-refractivity contribution in [3.8, 4) is 0 Å². The molecule has 0 heterocycles. The van der Waals surface area contributed by atoms with Crippen molar-refractivity contribution in [3.05, 3.63) is 0 Å². The van der Waals surface area contributed by atoms with Gasteiger partial charge in [-0.2, -0.15) is 0 Å². The van der Waals surface area contributed by atoms with Crippen molar-refractivity contribution in [2.24, 2.45) is 0 Å². The summed E-state index contributed by atoms with van der Waals surface area (Å²) in [6, 6.07) is 0.215. The van der Waals surface area contributed by atoms with E-state index in [1.165, 1.54) is 19.3 Å². The number of rotatable bonds is 6. The zero-order valence-electron chi connectivity index (χ0n) is 11.3. The van der Waals surface area contributed by atoms with Crippen LogP contribution in [0.4, 0.5) is 0 Å². The van der Waals surface area contributed by atoms with Gasteiger partial charge < -0.3 is 10.4 Å². The quantitative estimate of drug-likeness (QED) is 0.750. The van der Waals surface area contributed by atoms with Gasteiger partial charge in [-0.15, -0.1) is 0 Å². The summed E-state index contributed by atoms with van der Waals surface area (Å²) in [5.41, 5.74) is 0. The van der Waals surface area contributed by atoms with Crippen molar-refractivity contribution < 1.29 is 14.7 Å². The van der Waals surface area contributed by atoms with Gasteiger partial charge in [-0.3, -0.25) is 14.5 Å². The first kappa shape index (κ1) is 15.0. The summed E-state index contributed by atoms with van der Waals surface area (Å²) in [7, 11) is 0. The summed E-state index contributed by atoms with van der Waals surface area (Å²) in [6.07, 6.45) is 6.03. The van der Waals surface area contributed by atoms with Gasteiger partial charge in [0.05, 0.1) is 6.04 Å². The fourth-order valence-electron chi connectivity index (χ4n) is 2.72. The minimum atomic E-state index is -1.00. The van der Waals surface area contributed by atoms with E-state index in [4.69, 9.17) is 5.11 Å². The fourth-order valence-corrected chi connectivity index (χ4v) is 2.72. The average Bonchev–Trinajstić information content (AvgIpc) is 2.38. The SMILES string of the molecule is CCN(C1CCCCC1)C(C)C(=O)NCC(=O)O. The summed E-state index contributed by atoms with van der Waals surface area (Å²) < 4.78 is 0. The maximum Gasteiger partial charge on any atom is 0.322 e. The van der Waals surface area contributed by atoms with Crippen LogP contribution < -0.4 is 5.32 Å². The average molecular weight is 256 g/mol. The fraction of sp³-hybridized carbons (Fsp3) is 0.846. The monoisotopic (exact) mass is 256 g/mol. The molecule has 1 saturated carbocycles.